The molecule has 1 aliphatic rings. The topological polar surface area (TPSA) is 50.3 Å². The first-order valence-corrected chi connectivity index (χ1v) is 9.28. The second-order valence-electron chi connectivity index (χ2n) is 4.97. The van der Waals surface area contributed by atoms with Gasteiger partial charge >= 0.3 is 10.2 Å². The van der Waals surface area contributed by atoms with Crippen molar-refractivity contribution in [1.29, 1.82) is 0 Å². The van der Waals surface area contributed by atoms with E-state index in [1.165, 1.54) is 6.42 Å². The van der Waals surface area contributed by atoms with Gasteiger partial charge in [0.25, 0.3) is 0 Å². The number of thioether (sulfide) groups is 1. The number of rotatable bonds is 7. The van der Waals surface area contributed by atoms with Gasteiger partial charge in [0.1, 0.15) is 0 Å². The van der Waals surface area contributed by atoms with E-state index in [2.05, 4.69) is 4.98 Å². The second-order valence-corrected chi connectivity index (χ2v) is 7.87. The van der Waals surface area contributed by atoms with E-state index in [4.69, 9.17) is 0 Å². The summed E-state index contributed by atoms with van der Waals surface area (Å²) in [6.45, 7) is 1.64. The molecule has 4 nitrogen and oxygen atoms in total. The molecule has 0 bridgehead atoms. The number of halogens is 1. The van der Waals surface area contributed by atoms with E-state index in [-0.39, 0.29) is 6.54 Å². The highest BCUT2D eigenvalue weighted by atomic mass is 32.3. The maximum atomic E-state index is 12.7. The van der Waals surface area contributed by atoms with Crippen molar-refractivity contribution in [3.63, 3.8) is 0 Å². The molecule has 1 unspecified atom stereocenters. The molecule has 2 rings (SSSR count). The molecule has 1 aromatic rings. The predicted octanol–water partition coefficient (Wildman–Crippen LogP) is 2.08. The van der Waals surface area contributed by atoms with Crippen LogP contribution in [0.4, 0.5) is 3.89 Å². The molecule has 0 aromatic carbocycles. The van der Waals surface area contributed by atoms with Crippen molar-refractivity contribution >= 4 is 22.0 Å². The van der Waals surface area contributed by atoms with Crippen LogP contribution in [0.5, 0.6) is 0 Å². The number of aromatic nitrogens is 1. The maximum absolute atomic E-state index is 12.7. The molecule has 0 radical (unpaired) electrons. The summed E-state index contributed by atoms with van der Waals surface area (Å²) in [7, 11) is -4.41. The summed E-state index contributed by atoms with van der Waals surface area (Å²) in [5, 5.41) is 0.522. The summed E-state index contributed by atoms with van der Waals surface area (Å²) in [6, 6.07) is 3.80. The quantitative estimate of drug-likeness (QED) is 0.721. The van der Waals surface area contributed by atoms with Gasteiger partial charge in [-0.15, -0.1) is 3.89 Å². The summed E-state index contributed by atoms with van der Waals surface area (Å²) in [5.41, 5.74) is 1.02. The van der Waals surface area contributed by atoms with Crippen LogP contribution in [-0.4, -0.2) is 48.1 Å². The third-order valence-corrected chi connectivity index (χ3v) is 5.32. The lowest BCUT2D eigenvalue weighted by Gasteiger charge is -2.24. The van der Waals surface area contributed by atoms with Gasteiger partial charge in [0.2, 0.25) is 0 Å². The lowest BCUT2D eigenvalue weighted by Crippen LogP contribution is -2.33. The van der Waals surface area contributed by atoms with Crippen LogP contribution in [0.3, 0.4) is 0 Å². The molecule has 112 valence electrons. The van der Waals surface area contributed by atoms with Crippen molar-refractivity contribution in [2.24, 2.45) is 0 Å². The Labute approximate surface area is 124 Å². The van der Waals surface area contributed by atoms with Gasteiger partial charge in [0.15, 0.2) is 0 Å². The fourth-order valence-corrected chi connectivity index (χ4v) is 4.09. The lowest BCUT2D eigenvalue weighted by molar-refractivity contribution is 0.279. The Morgan fingerprint density at radius 1 is 1.50 bits per heavy atom. The Morgan fingerprint density at radius 3 is 2.95 bits per heavy atom. The Kier molecular flexibility index (Phi) is 5.80. The minimum atomic E-state index is -4.41. The molecule has 1 aromatic heterocycles. The van der Waals surface area contributed by atoms with Crippen molar-refractivity contribution in [2.75, 3.05) is 24.6 Å². The molecule has 1 atom stereocenters. The summed E-state index contributed by atoms with van der Waals surface area (Å²) < 4.78 is 34.2. The molecule has 2 heterocycles. The number of pyridine rings is 1. The summed E-state index contributed by atoms with van der Waals surface area (Å²) in [6.07, 6.45) is 5.82. The van der Waals surface area contributed by atoms with Crippen LogP contribution >= 0.6 is 11.8 Å². The zero-order chi connectivity index (χ0) is 14.4. The third kappa shape index (κ3) is 5.76. The number of hydrogen-bond acceptors (Lipinski definition) is 5. The molecule has 0 N–H and O–H groups in total. The highest BCUT2D eigenvalue weighted by molar-refractivity contribution is 8.00. The molecule has 0 aliphatic carbocycles. The maximum Gasteiger partial charge on any atom is 0.303 e. The van der Waals surface area contributed by atoms with Crippen LogP contribution in [0.1, 0.15) is 18.4 Å². The molecule has 1 aliphatic heterocycles. The van der Waals surface area contributed by atoms with Crippen molar-refractivity contribution in [3.05, 3.63) is 30.1 Å². The normalized spacial score (nSPS) is 19.6. The number of nitrogens with zero attached hydrogens (tertiary/aromatic N) is 2. The molecule has 1 fully saturated rings. The average molecular weight is 318 g/mol. The minimum absolute atomic E-state index is 0.227. The summed E-state index contributed by atoms with van der Waals surface area (Å²) in [4.78, 5) is 6.07. The first kappa shape index (κ1) is 15.7. The SMILES string of the molecule is O=S(=O)(F)CCN(Cc1cccnc1)CC1CCCS1. The minimum Gasteiger partial charge on any atom is -0.297 e. The van der Waals surface area contributed by atoms with E-state index >= 15 is 0 Å². The standard InChI is InChI=1S/C13H19FN2O2S2/c14-20(17,18)8-6-16(11-13-4-2-7-19-13)10-12-3-1-5-15-9-12/h1,3,5,9,13H,2,4,6-8,10-11H2. The molecule has 0 amide bonds. The van der Waals surface area contributed by atoms with E-state index in [1.54, 1.807) is 12.4 Å². The van der Waals surface area contributed by atoms with Crippen LogP contribution in [0.25, 0.3) is 0 Å². The summed E-state index contributed by atoms with van der Waals surface area (Å²) >= 11 is 1.91. The Balaban J connectivity index is 1.95. The van der Waals surface area contributed by atoms with Gasteiger partial charge in [-0.3, -0.25) is 9.88 Å². The Morgan fingerprint density at radius 2 is 2.35 bits per heavy atom. The molecule has 20 heavy (non-hydrogen) atoms. The lowest BCUT2D eigenvalue weighted by atomic mass is 10.2. The van der Waals surface area contributed by atoms with E-state index in [9.17, 15) is 12.3 Å². The molecule has 1 saturated heterocycles. The number of hydrogen-bond donors (Lipinski definition) is 0. The van der Waals surface area contributed by atoms with Gasteiger partial charge in [-0.25, -0.2) is 0 Å². The molecular formula is C13H19FN2O2S2. The predicted molar refractivity (Wildman–Crippen MR) is 79.9 cm³/mol. The van der Waals surface area contributed by atoms with Gasteiger partial charge in [0.05, 0.1) is 5.75 Å². The zero-order valence-corrected chi connectivity index (χ0v) is 12.9. The molecule has 7 heteroatoms. The third-order valence-electron chi connectivity index (χ3n) is 3.27. The van der Waals surface area contributed by atoms with E-state index in [0.717, 1.165) is 24.3 Å². The molecular weight excluding hydrogens is 299 g/mol. The largest absolute Gasteiger partial charge is 0.303 e. The van der Waals surface area contributed by atoms with Gasteiger partial charge in [0, 0.05) is 37.3 Å². The van der Waals surface area contributed by atoms with Gasteiger partial charge in [-0.1, -0.05) is 6.07 Å². The first-order valence-electron chi connectivity index (χ1n) is 6.68. The van der Waals surface area contributed by atoms with E-state index in [0.29, 0.717) is 11.8 Å². The first-order chi connectivity index (χ1) is 9.53. The Hall–Kier alpha value is -0.660. The van der Waals surface area contributed by atoms with Crippen LogP contribution < -0.4 is 0 Å². The summed E-state index contributed by atoms with van der Waals surface area (Å²) in [5.74, 6) is 0.720. The molecule has 0 saturated carbocycles. The van der Waals surface area contributed by atoms with Crippen LogP contribution in [-0.2, 0) is 16.8 Å². The highest BCUT2D eigenvalue weighted by Gasteiger charge is 2.20. The zero-order valence-electron chi connectivity index (χ0n) is 11.2. The van der Waals surface area contributed by atoms with E-state index in [1.807, 2.05) is 28.8 Å². The van der Waals surface area contributed by atoms with Crippen molar-refractivity contribution in [3.8, 4) is 0 Å². The molecule has 0 spiro atoms. The average Bonchev–Trinajstić information content (AvgIpc) is 2.89. The van der Waals surface area contributed by atoms with Crippen LogP contribution in [0.2, 0.25) is 0 Å². The Bertz CT molecular complexity index is 504. The fraction of sp³-hybridized carbons (Fsp3) is 0.615. The fourth-order valence-electron chi connectivity index (χ4n) is 2.30. The van der Waals surface area contributed by atoms with Gasteiger partial charge < -0.3 is 0 Å². The smallest absolute Gasteiger partial charge is 0.297 e. The van der Waals surface area contributed by atoms with E-state index < -0.39 is 16.0 Å². The second kappa shape index (κ2) is 7.38. The van der Waals surface area contributed by atoms with Crippen molar-refractivity contribution in [2.45, 2.75) is 24.6 Å². The van der Waals surface area contributed by atoms with Crippen LogP contribution in [0, 0.1) is 0 Å². The van der Waals surface area contributed by atoms with Crippen molar-refractivity contribution in [1.82, 2.24) is 9.88 Å². The van der Waals surface area contributed by atoms with Gasteiger partial charge in [-0.05, 0) is 30.2 Å². The highest BCUT2D eigenvalue weighted by Crippen LogP contribution is 2.27. The van der Waals surface area contributed by atoms with Crippen molar-refractivity contribution < 1.29 is 12.3 Å². The monoisotopic (exact) mass is 318 g/mol. The van der Waals surface area contributed by atoms with Gasteiger partial charge in [-0.2, -0.15) is 20.2 Å². The van der Waals surface area contributed by atoms with Crippen LogP contribution in [0.15, 0.2) is 24.5 Å².